The van der Waals surface area contributed by atoms with Crippen molar-refractivity contribution in [2.45, 2.75) is 20.5 Å². The number of nitrogens with zero attached hydrogens (tertiary/aromatic N) is 2. The number of anilines is 1. The van der Waals surface area contributed by atoms with Gasteiger partial charge in [0, 0.05) is 12.6 Å². The number of fused-ring (bicyclic) bond motifs is 1. The molecule has 3 aromatic rings. The molecular formula is C18H20N2O3S2. The van der Waals surface area contributed by atoms with Gasteiger partial charge in [-0.25, -0.2) is 13.4 Å². The van der Waals surface area contributed by atoms with Crippen molar-refractivity contribution in [1.29, 1.82) is 0 Å². The monoisotopic (exact) mass is 376 g/mol. The highest BCUT2D eigenvalue weighted by molar-refractivity contribution is 7.92. The molecule has 0 unspecified atom stereocenters. The molecule has 0 radical (unpaired) electrons. The number of rotatable bonds is 7. The Hall–Kier alpha value is -2.12. The quantitative estimate of drug-likeness (QED) is 0.624. The zero-order valence-electron chi connectivity index (χ0n) is 14.2. The van der Waals surface area contributed by atoms with Crippen LogP contribution < -0.4 is 9.04 Å². The van der Waals surface area contributed by atoms with Gasteiger partial charge in [-0.3, -0.25) is 4.31 Å². The molecule has 0 saturated carbocycles. The van der Waals surface area contributed by atoms with Gasteiger partial charge in [-0.2, -0.15) is 0 Å². The Labute approximate surface area is 151 Å². The first-order valence-electron chi connectivity index (χ1n) is 8.11. The van der Waals surface area contributed by atoms with Crippen LogP contribution >= 0.6 is 11.3 Å². The Morgan fingerprint density at radius 2 is 1.92 bits per heavy atom. The summed E-state index contributed by atoms with van der Waals surface area (Å²) in [6.07, 6.45) is 0. The Bertz CT molecular complexity index is 934. The summed E-state index contributed by atoms with van der Waals surface area (Å²) in [5, 5.41) is 0.889. The Balaban J connectivity index is 1.77. The lowest BCUT2D eigenvalue weighted by atomic mass is 10.3. The topological polar surface area (TPSA) is 59.5 Å². The SMILES string of the molecule is CCN(c1cccc(OCc2nc3ccccc3s2)c1)S(=O)(=O)CC. The number of aromatic nitrogens is 1. The molecule has 7 heteroatoms. The van der Waals surface area contributed by atoms with E-state index in [2.05, 4.69) is 4.98 Å². The fourth-order valence-corrected chi connectivity index (χ4v) is 4.57. The number of sulfonamides is 1. The van der Waals surface area contributed by atoms with Crippen molar-refractivity contribution >= 4 is 37.3 Å². The second-order valence-electron chi connectivity index (χ2n) is 5.43. The van der Waals surface area contributed by atoms with E-state index in [9.17, 15) is 8.42 Å². The Morgan fingerprint density at radius 1 is 1.12 bits per heavy atom. The van der Waals surface area contributed by atoms with Gasteiger partial charge in [-0.15, -0.1) is 11.3 Å². The van der Waals surface area contributed by atoms with Crippen LogP contribution in [-0.2, 0) is 16.6 Å². The molecule has 0 amide bonds. The fraction of sp³-hybridized carbons (Fsp3) is 0.278. The first-order valence-corrected chi connectivity index (χ1v) is 10.5. The van der Waals surface area contributed by atoms with E-state index in [0.717, 1.165) is 15.2 Å². The summed E-state index contributed by atoms with van der Waals surface area (Å²) in [4.78, 5) is 4.54. The lowest BCUT2D eigenvalue weighted by Gasteiger charge is -2.22. The number of thiazole rings is 1. The molecule has 0 saturated heterocycles. The molecule has 0 bridgehead atoms. The van der Waals surface area contributed by atoms with Crippen molar-refractivity contribution in [3.05, 3.63) is 53.5 Å². The normalized spacial score (nSPS) is 11.6. The summed E-state index contributed by atoms with van der Waals surface area (Å²) in [6.45, 7) is 4.21. The van der Waals surface area contributed by atoms with Gasteiger partial charge >= 0.3 is 0 Å². The first kappa shape index (κ1) is 17.7. The van der Waals surface area contributed by atoms with E-state index in [1.165, 1.54) is 4.31 Å². The minimum absolute atomic E-state index is 0.0671. The standard InChI is InChI=1S/C18H20N2O3S2/c1-3-20(25(21,22)4-2)14-8-7-9-15(12-14)23-13-18-19-16-10-5-6-11-17(16)24-18/h5-12H,3-4,13H2,1-2H3. The van der Waals surface area contributed by atoms with Crippen molar-refractivity contribution in [3.63, 3.8) is 0 Å². The first-order chi connectivity index (χ1) is 12.0. The third-order valence-corrected chi connectivity index (χ3v) is 6.67. The van der Waals surface area contributed by atoms with Crippen molar-refractivity contribution < 1.29 is 13.2 Å². The van der Waals surface area contributed by atoms with Crippen molar-refractivity contribution in [2.75, 3.05) is 16.6 Å². The van der Waals surface area contributed by atoms with Gasteiger partial charge in [0.1, 0.15) is 17.4 Å². The molecule has 0 aliphatic carbocycles. The number of hydrogen-bond donors (Lipinski definition) is 0. The van der Waals surface area contributed by atoms with Gasteiger partial charge in [0.15, 0.2) is 0 Å². The predicted octanol–water partition coefficient (Wildman–Crippen LogP) is 4.05. The molecule has 0 aliphatic rings. The smallest absolute Gasteiger partial charge is 0.234 e. The number of para-hydroxylation sites is 1. The number of benzene rings is 2. The van der Waals surface area contributed by atoms with Crippen LogP contribution in [0.5, 0.6) is 5.75 Å². The highest BCUT2D eigenvalue weighted by Crippen LogP contribution is 2.26. The van der Waals surface area contributed by atoms with E-state index >= 15 is 0 Å². The van der Waals surface area contributed by atoms with Gasteiger partial charge in [0.25, 0.3) is 0 Å². The van der Waals surface area contributed by atoms with Crippen molar-refractivity contribution in [3.8, 4) is 5.75 Å². The van der Waals surface area contributed by atoms with Crippen molar-refractivity contribution in [2.24, 2.45) is 0 Å². The zero-order chi connectivity index (χ0) is 17.9. The Morgan fingerprint density at radius 3 is 2.64 bits per heavy atom. The molecule has 25 heavy (non-hydrogen) atoms. The Kier molecular flexibility index (Phi) is 5.24. The van der Waals surface area contributed by atoms with E-state index < -0.39 is 10.0 Å². The predicted molar refractivity (Wildman–Crippen MR) is 103 cm³/mol. The highest BCUT2D eigenvalue weighted by atomic mass is 32.2. The lowest BCUT2D eigenvalue weighted by Crippen LogP contribution is -2.32. The molecule has 0 fully saturated rings. The molecule has 0 atom stereocenters. The maximum absolute atomic E-state index is 12.2. The van der Waals surface area contributed by atoms with E-state index in [4.69, 9.17) is 4.74 Å². The maximum Gasteiger partial charge on any atom is 0.234 e. The van der Waals surface area contributed by atoms with Crippen LogP contribution in [0.1, 0.15) is 18.9 Å². The number of ether oxygens (including phenoxy) is 1. The summed E-state index contributed by atoms with van der Waals surface area (Å²) in [5.41, 5.74) is 1.58. The van der Waals surface area contributed by atoms with Gasteiger partial charge in [-0.05, 0) is 38.1 Å². The van der Waals surface area contributed by atoms with Gasteiger partial charge in [-0.1, -0.05) is 18.2 Å². The van der Waals surface area contributed by atoms with Crippen LogP contribution in [0.25, 0.3) is 10.2 Å². The van der Waals surface area contributed by atoms with Gasteiger partial charge < -0.3 is 4.74 Å². The molecule has 2 aromatic carbocycles. The summed E-state index contributed by atoms with van der Waals surface area (Å²) in [6, 6.07) is 15.1. The van der Waals surface area contributed by atoms with Crippen LogP contribution in [0.3, 0.4) is 0 Å². The van der Waals surface area contributed by atoms with E-state index in [1.54, 1.807) is 36.5 Å². The molecule has 0 spiro atoms. The summed E-state index contributed by atoms with van der Waals surface area (Å²) >= 11 is 1.60. The van der Waals surface area contributed by atoms with Crippen LogP contribution in [0.15, 0.2) is 48.5 Å². The third-order valence-electron chi connectivity index (χ3n) is 3.79. The molecule has 1 heterocycles. The van der Waals surface area contributed by atoms with Crippen LogP contribution in [0.4, 0.5) is 5.69 Å². The van der Waals surface area contributed by atoms with Gasteiger partial charge in [0.05, 0.1) is 21.7 Å². The number of hydrogen-bond acceptors (Lipinski definition) is 5. The summed E-state index contributed by atoms with van der Waals surface area (Å²) in [5.74, 6) is 0.693. The summed E-state index contributed by atoms with van der Waals surface area (Å²) in [7, 11) is -3.30. The van der Waals surface area contributed by atoms with E-state index in [0.29, 0.717) is 24.6 Å². The molecular weight excluding hydrogens is 356 g/mol. The second-order valence-corrected chi connectivity index (χ2v) is 8.72. The molecule has 0 aliphatic heterocycles. The largest absolute Gasteiger partial charge is 0.486 e. The van der Waals surface area contributed by atoms with Crippen molar-refractivity contribution in [1.82, 2.24) is 4.98 Å². The van der Waals surface area contributed by atoms with Crippen LogP contribution in [0.2, 0.25) is 0 Å². The molecule has 5 nitrogen and oxygen atoms in total. The van der Waals surface area contributed by atoms with Gasteiger partial charge in [0.2, 0.25) is 10.0 Å². The average molecular weight is 377 g/mol. The molecule has 3 rings (SSSR count). The minimum Gasteiger partial charge on any atom is -0.486 e. The lowest BCUT2D eigenvalue weighted by molar-refractivity contribution is 0.306. The van der Waals surface area contributed by atoms with Crippen LogP contribution in [0, 0.1) is 0 Å². The maximum atomic E-state index is 12.2. The molecule has 0 N–H and O–H groups in total. The van der Waals surface area contributed by atoms with E-state index in [-0.39, 0.29) is 5.75 Å². The summed E-state index contributed by atoms with van der Waals surface area (Å²) < 4.78 is 32.8. The second kappa shape index (κ2) is 7.41. The molecule has 132 valence electrons. The average Bonchev–Trinajstić information content (AvgIpc) is 3.04. The fourth-order valence-electron chi connectivity index (χ4n) is 2.55. The minimum atomic E-state index is -3.30. The zero-order valence-corrected chi connectivity index (χ0v) is 15.8. The molecule has 1 aromatic heterocycles. The highest BCUT2D eigenvalue weighted by Gasteiger charge is 2.19. The van der Waals surface area contributed by atoms with Crippen LogP contribution in [-0.4, -0.2) is 25.7 Å². The van der Waals surface area contributed by atoms with E-state index in [1.807, 2.05) is 37.3 Å². The third kappa shape index (κ3) is 3.93.